The van der Waals surface area contributed by atoms with Crippen LogP contribution in [0.4, 0.5) is 0 Å². The number of hydrogen-bond donors (Lipinski definition) is 2. The van der Waals surface area contributed by atoms with Crippen LogP contribution in [0.3, 0.4) is 0 Å². The summed E-state index contributed by atoms with van der Waals surface area (Å²) >= 11 is 0. The van der Waals surface area contributed by atoms with Gasteiger partial charge in [-0.3, -0.25) is 0 Å². The number of aliphatic hydroxyl groups is 1. The molecule has 0 fully saturated rings. The fraction of sp³-hybridized carbons (Fsp3) is 0.286. The predicted octanol–water partition coefficient (Wildman–Crippen LogP) is 0.294. The molecule has 1 heterocycles. The number of aromatic nitrogens is 1. The quantitative estimate of drug-likeness (QED) is 0.603. The van der Waals surface area contributed by atoms with Crippen LogP contribution in [0.2, 0.25) is 0 Å². The highest BCUT2D eigenvalue weighted by molar-refractivity contribution is 5.89. The van der Waals surface area contributed by atoms with Crippen LogP contribution in [0.25, 0.3) is 0 Å². The first-order valence-electron chi connectivity index (χ1n) is 3.14. The number of aliphatic hydroxyl groups excluding tert-OH is 1. The third kappa shape index (κ3) is 1.59. The minimum absolute atomic E-state index is 0.100. The van der Waals surface area contributed by atoms with Gasteiger partial charge in [0, 0.05) is 11.9 Å². The maximum atomic E-state index is 10.8. The van der Waals surface area contributed by atoms with Gasteiger partial charge in [0.25, 0.3) is 0 Å². The van der Waals surface area contributed by atoms with E-state index in [-0.39, 0.29) is 6.61 Å². The van der Waals surface area contributed by atoms with E-state index >= 15 is 0 Å². The topological polar surface area (TPSA) is 62.3 Å². The molecular weight excluding hydrogens is 146 g/mol. The van der Waals surface area contributed by atoms with E-state index in [0.717, 1.165) is 0 Å². The van der Waals surface area contributed by atoms with Crippen LogP contribution in [-0.4, -0.2) is 23.2 Å². The summed E-state index contributed by atoms with van der Waals surface area (Å²) in [5.41, 5.74) is 1.03. The van der Waals surface area contributed by atoms with Gasteiger partial charge in [-0.15, -0.1) is 0 Å². The van der Waals surface area contributed by atoms with Crippen molar-refractivity contribution < 1.29 is 14.6 Å². The molecular formula is C7H9NO3. The zero-order valence-electron chi connectivity index (χ0n) is 6.13. The van der Waals surface area contributed by atoms with E-state index < -0.39 is 5.97 Å². The molecule has 0 saturated heterocycles. The normalized spacial score (nSPS) is 9.64. The largest absolute Gasteiger partial charge is 0.465 e. The van der Waals surface area contributed by atoms with Gasteiger partial charge in [-0.1, -0.05) is 0 Å². The average Bonchev–Trinajstić information content (AvgIpc) is 2.50. The van der Waals surface area contributed by atoms with Crippen molar-refractivity contribution in [1.82, 2.24) is 4.98 Å². The molecule has 0 bridgehead atoms. The maximum Gasteiger partial charge on any atom is 0.339 e. The summed E-state index contributed by atoms with van der Waals surface area (Å²) in [5, 5.41) is 8.62. The van der Waals surface area contributed by atoms with Crippen LogP contribution in [0.1, 0.15) is 16.1 Å². The molecule has 0 amide bonds. The Hall–Kier alpha value is -1.29. The predicted molar refractivity (Wildman–Crippen MR) is 38.1 cm³/mol. The lowest BCUT2D eigenvalue weighted by Crippen LogP contribution is -1.98. The first-order chi connectivity index (χ1) is 5.27. The standard InChI is InChI=1S/C7H9NO3/c1-11-7(10)5-2-6(4-9)8-3-5/h2-3,8-9H,4H2,1H3. The molecule has 11 heavy (non-hydrogen) atoms. The Kier molecular flexibility index (Phi) is 2.28. The first-order valence-corrected chi connectivity index (χ1v) is 3.14. The molecule has 0 aliphatic heterocycles. The molecule has 0 aliphatic rings. The zero-order chi connectivity index (χ0) is 8.27. The summed E-state index contributed by atoms with van der Waals surface area (Å²) in [5.74, 6) is -0.402. The molecule has 4 heteroatoms. The van der Waals surface area contributed by atoms with E-state index in [0.29, 0.717) is 11.3 Å². The minimum atomic E-state index is -0.402. The van der Waals surface area contributed by atoms with Crippen LogP contribution < -0.4 is 0 Å². The van der Waals surface area contributed by atoms with Crippen molar-refractivity contribution in [3.63, 3.8) is 0 Å². The van der Waals surface area contributed by atoms with Crippen LogP contribution in [0.15, 0.2) is 12.3 Å². The summed E-state index contributed by atoms with van der Waals surface area (Å²) in [6.45, 7) is -0.100. The molecule has 2 N–H and O–H groups in total. The molecule has 0 radical (unpaired) electrons. The molecule has 0 atom stereocenters. The number of carbonyl (C=O) groups is 1. The van der Waals surface area contributed by atoms with Gasteiger partial charge in [-0.05, 0) is 6.07 Å². The van der Waals surface area contributed by atoms with E-state index in [2.05, 4.69) is 9.72 Å². The third-order valence-corrected chi connectivity index (χ3v) is 1.33. The average molecular weight is 155 g/mol. The Bertz CT molecular complexity index is 254. The van der Waals surface area contributed by atoms with E-state index in [9.17, 15) is 4.79 Å². The minimum Gasteiger partial charge on any atom is -0.465 e. The molecule has 1 aromatic rings. The van der Waals surface area contributed by atoms with Gasteiger partial charge in [0.05, 0.1) is 19.3 Å². The molecule has 1 aromatic heterocycles. The van der Waals surface area contributed by atoms with Crippen molar-refractivity contribution in [3.8, 4) is 0 Å². The van der Waals surface area contributed by atoms with Crippen molar-refractivity contribution in [2.45, 2.75) is 6.61 Å². The van der Waals surface area contributed by atoms with Gasteiger partial charge in [-0.2, -0.15) is 0 Å². The van der Waals surface area contributed by atoms with Gasteiger partial charge < -0.3 is 14.8 Å². The smallest absolute Gasteiger partial charge is 0.339 e. The first kappa shape index (κ1) is 7.81. The summed E-state index contributed by atoms with van der Waals surface area (Å²) in [6, 6.07) is 1.55. The van der Waals surface area contributed by atoms with Gasteiger partial charge in [0.1, 0.15) is 0 Å². The van der Waals surface area contributed by atoms with E-state index in [1.807, 2.05) is 0 Å². The van der Waals surface area contributed by atoms with Crippen molar-refractivity contribution in [1.29, 1.82) is 0 Å². The Morgan fingerprint density at radius 1 is 1.82 bits per heavy atom. The number of methoxy groups -OCH3 is 1. The van der Waals surface area contributed by atoms with Crippen LogP contribution in [0, 0.1) is 0 Å². The van der Waals surface area contributed by atoms with Crippen LogP contribution in [0.5, 0.6) is 0 Å². The number of hydrogen-bond acceptors (Lipinski definition) is 3. The Morgan fingerprint density at radius 2 is 2.55 bits per heavy atom. The van der Waals surface area contributed by atoms with E-state index in [1.165, 1.54) is 13.3 Å². The Labute approximate surface area is 63.8 Å². The highest BCUT2D eigenvalue weighted by atomic mass is 16.5. The summed E-state index contributed by atoms with van der Waals surface area (Å²) in [6.07, 6.45) is 1.50. The second kappa shape index (κ2) is 3.21. The highest BCUT2D eigenvalue weighted by Gasteiger charge is 2.06. The number of carbonyl (C=O) groups excluding carboxylic acids is 1. The second-order valence-corrected chi connectivity index (χ2v) is 2.06. The third-order valence-electron chi connectivity index (χ3n) is 1.33. The number of aromatic amines is 1. The zero-order valence-corrected chi connectivity index (χ0v) is 6.13. The molecule has 0 aromatic carbocycles. The fourth-order valence-corrected chi connectivity index (χ4v) is 0.768. The molecule has 0 aliphatic carbocycles. The lowest BCUT2D eigenvalue weighted by atomic mass is 10.3. The molecule has 0 unspecified atom stereocenters. The summed E-state index contributed by atoms with van der Waals surface area (Å²) in [7, 11) is 1.31. The second-order valence-electron chi connectivity index (χ2n) is 2.06. The highest BCUT2D eigenvalue weighted by Crippen LogP contribution is 2.03. The van der Waals surface area contributed by atoms with Gasteiger partial charge >= 0.3 is 5.97 Å². The number of esters is 1. The monoisotopic (exact) mass is 155 g/mol. The molecule has 4 nitrogen and oxygen atoms in total. The van der Waals surface area contributed by atoms with Gasteiger partial charge in [-0.25, -0.2) is 4.79 Å². The van der Waals surface area contributed by atoms with Crippen molar-refractivity contribution >= 4 is 5.97 Å². The number of nitrogens with one attached hydrogen (secondary N) is 1. The fourth-order valence-electron chi connectivity index (χ4n) is 0.768. The summed E-state index contributed by atoms with van der Waals surface area (Å²) in [4.78, 5) is 13.5. The SMILES string of the molecule is COC(=O)c1c[nH]c(CO)c1. The molecule has 1 rings (SSSR count). The van der Waals surface area contributed by atoms with Gasteiger partial charge in [0.15, 0.2) is 0 Å². The maximum absolute atomic E-state index is 10.8. The number of ether oxygens (including phenoxy) is 1. The number of rotatable bonds is 2. The van der Waals surface area contributed by atoms with Crippen molar-refractivity contribution in [2.75, 3.05) is 7.11 Å². The van der Waals surface area contributed by atoms with E-state index in [4.69, 9.17) is 5.11 Å². The van der Waals surface area contributed by atoms with Crippen molar-refractivity contribution in [3.05, 3.63) is 23.5 Å². The molecule has 60 valence electrons. The van der Waals surface area contributed by atoms with Crippen LogP contribution >= 0.6 is 0 Å². The summed E-state index contributed by atoms with van der Waals surface area (Å²) < 4.78 is 4.45. The lowest BCUT2D eigenvalue weighted by molar-refractivity contribution is 0.0601. The number of H-pyrrole nitrogens is 1. The molecule has 0 spiro atoms. The Morgan fingerprint density at radius 3 is 3.00 bits per heavy atom. The Balaban J connectivity index is 2.80. The van der Waals surface area contributed by atoms with E-state index in [1.54, 1.807) is 6.07 Å². The van der Waals surface area contributed by atoms with Crippen LogP contribution in [-0.2, 0) is 11.3 Å². The van der Waals surface area contributed by atoms with Crippen molar-refractivity contribution in [2.24, 2.45) is 0 Å². The van der Waals surface area contributed by atoms with Gasteiger partial charge in [0.2, 0.25) is 0 Å². The lowest BCUT2D eigenvalue weighted by Gasteiger charge is -1.91. The molecule has 0 saturated carbocycles.